The highest BCUT2D eigenvalue weighted by molar-refractivity contribution is 6.05. The summed E-state index contributed by atoms with van der Waals surface area (Å²) in [7, 11) is 3.53. The van der Waals surface area contributed by atoms with Gasteiger partial charge in [-0.3, -0.25) is 9.59 Å². The fourth-order valence-electron chi connectivity index (χ4n) is 2.32. The van der Waals surface area contributed by atoms with Crippen LogP contribution in [0.3, 0.4) is 0 Å². The van der Waals surface area contributed by atoms with Crippen LogP contribution >= 0.6 is 0 Å². The standard InChI is InChI=1S/C17H17N5O2/c1-11(23)22(3)14-6-4-5-13(8-14)20-17(24)12-7-15-16(18-9-12)21(2)10-19-15/h4-10H,1-3H3,(H,20,24). The Morgan fingerprint density at radius 2 is 2.00 bits per heavy atom. The number of aryl methyl sites for hydroxylation is 1. The maximum atomic E-state index is 12.4. The van der Waals surface area contributed by atoms with Crippen LogP contribution in [0.4, 0.5) is 11.4 Å². The Kier molecular flexibility index (Phi) is 3.99. The molecule has 0 aliphatic carbocycles. The monoisotopic (exact) mass is 323 g/mol. The van der Waals surface area contributed by atoms with Crippen molar-refractivity contribution in [2.75, 3.05) is 17.3 Å². The summed E-state index contributed by atoms with van der Waals surface area (Å²) >= 11 is 0. The van der Waals surface area contributed by atoms with Gasteiger partial charge in [0, 0.05) is 38.6 Å². The number of carbonyl (C=O) groups is 2. The number of nitrogens with zero attached hydrogens (tertiary/aromatic N) is 4. The van der Waals surface area contributed by atoms with Gasteiger partial charge in [-0.2, -0.15) is 0 Å². The molecule has 0 bridgehead atoms. The van der Waals surface area contributed by atoms with Gasteiger partial charge in [-0.1, -0.05) is 6.07 Å². The second-order valence-electron chi connectivity index (χ2n) is 5.50. The van der Waals surface area contributed by atoms with Crippen LogP contribution in [-0.4, -0.2) is 33.4 Å². The number of fused-ring (bicyclic) bond motifs is 1. The lowest BCUT2D eigenvalue weighted by Crippen LogP contribution is -2.23. The molecule has 0 unspecified atom stereocenters. The van der Waals surface area contributed by atoms with E-state index in [4.69, 9.17) is 0 Å². The number of imidazole rings is 1. The SMILES string of the molecule is CC(=O)N(C)c1cccc(NC(=O)c2cnc3c(c2)ncn3C)c1. The van der Waals surface area contributed by atoms with Crippen LogP contribution in [0.5, 0.6) is 0 Å². The van der Waals surface area contributed by atoms with E-state index in [1.54, 1.807) is 48.3 Å². The van der Waals surface area contributed by atoms with Crippen LogP contribution in [0.15, 0.2) is 42.9 Å². The molecular formula is C17H17N5O2. The van der Waals surface area contributed by atoms with Crippen LogP contribution in [0.1, 0.15) is 17.3 Å². The molecule has 24 heavy (non-hydrogen) atoms. The van der Waals surface area contributed by atoms with E-state index in [9.17, 15) is 9.59 Å². The lowest BCUT2D eigenvalue weighted by Gasteiger charge is -2.16. The minimum Gasteiger partial charge on any atom is -0.322 e. The third kappa shape index (κ3) is 2.96. The molecule has 0 aliphatic heterocycles. The van der Waals surface area contributed by atoms with Gasteiger partial charge in [0.15, 0.2) is 5.65 Å². The molecule has 2 aromatic heterocycles. The van der Waals surface area contributed by atoms with Gasteiger partial charge in [-0.05, 0) is 24.3 Å². The molecule has 7 nitrogen and oxygen atoms in total. The fourth-order valence-corrected chi connectivity index (χ4v) is 2.32. The van der Waals surface area contributed by atoms with E-state index in [1.807, 2.05) is 7.05 Å². The molecule has 0 fully saturated rings. The molecule has 122 valence electrons. The normalized spacial score (nSPS) is 10.6. The number of hydrogen-bond donors (Lipinski definition) is 1. The molecular weight excluding hydrogens is 306 g/mol. The van der Waals surface area contributed by atoms with Crippen molar-refractivity contribution < 1.29 is 9.59 Å². The molecule has 3 rings (SSSR count). The van der Waals surface area contributed by atoms with E-state index in [0.29, 0.717) is 22.5 Å². The van der Waals surface area contributed by atoms with Gasteiger partial charge in [-0.15, -0.1) is 0 Å². The van der Waals surface area contributed by atoms with Gasteiger partial charge in [0.25, 0.3) is 5.91 Å². The number of nitrogens with one attached hydrogen (secondary N) is 1. The molecule has 0 saturated heterocycles. The largest absolute Gasteiger partial charge is 0.322 e. The van der Waals surface area contributed by atoms with Crippen molar-refractivity contribution in [3.8, 4) is 0 Å². The van der Waals surface area contributed by atoms with E-state index in [0.717, 1.165) is 5.65 Å². The predicted molar refractivity (Wildman–Crippen MR) is 92.0 cm³/mol. The summed E-state index contributed by atoms with van der Waals surface area (Å²) in [4.78, 5) is 33.8. The van der Waals surface area contributed by atoms with Crippen molar-refractivity contribution in [1.29, 1.82) is 0 Å². The van der Waals surface area contributed by atoms with Crippen molar-refractivity contribution in [2.24, 2.45) is 7.05 Å². The molecule has 3 aromatic rings. The van der Waals surface area contributed by atoms with E-state index in [2.05, 4.69) is 15.3 Å². The van der Waals surface area contributed by atoms with Crippen molar-refractivity contribution in [3.05, 3.63) is 48.4 Å². The summed E-state index contributed by atoms with van der Waals surface area (Å²) < 4.78 is 1.79. The lowest BCUT2D eigenvalue weighted by atomic mass is 10.2. The number of pyridine rings is 1. The highest BCUT2D eigenvalue weighted by Crippen LogP contribution is 2.19. The number of amides is 2. The Morgan fingerprint density at radius 3 is 2.75 bits per heavy atom. The second kappa shape index (κ2) is 6.11. The Bertz CT molecular complexity index is 932. The van der Waals surface area contributed by atoms with Gasteiger partial charge < -0.3 is 14.8 Å². The first-order valence-corrected chi connectivity index (χ1v) is 7.38. The number of carbonyl (C=O) groups excluding carboxylic acids is 2. The minimum atomic E-state index is -0.280. The van der Waals surface area contributed by atoms with Crippen LogP contribution in [0, 0.1) is 0 Å². The van der Waals surface area contributed by atoms with Crippen LogP contribution in [0.25, 0.3) is 11.2 Å². The van der Waals surface area contributed by atoms with Crippen molar-refractivity contribution in [1.82, 2.24) is 14.5 Å². The summed E-state index contributed by atoms with van der Waals surface area (Å²) in [5, 5.41) is 2.81. The number of anilines is 2. The number of benzene rings is 1. The number of rotatable bonds is 3. The van der Waals surface area contributed by atoms with Crippen molar-refractivity contribution in [2.45, 2.75) is 6.92 Å². The van der Waals surface area contributed by atoms with Gasteiger partial charge in [0.05, 0.1) is 11.9 Å². The Hall–Kier alpha value is -3.22. The molecule has 2 amide bonds. The topological polar surface area (TPSA) is 80.1 Å². The second-order valence-corrected chi connectivity index (χ2v) is 5.50. The quantitative estimate of drug-likeness (QED) is 0.801. The fraction of sp³-hybridized carbons (Fsp3) is 0.176. The molecule has 0 radical (unpaired) electrons. The molecule has 7 heteroatoms. The van der Waals surface area contributed by atoms with E-state index in [1.165, 1.54) is 18.0 Å². The summed E-state index contributed by atoms with van der Waals surface area (Å²) in [5.41, 5.74) is 3.11. The van der Waals surface area contributed by atoms with Gasteiger partial charge in [0.2, 0.25) is 5.91 Å². The Morgan fingerprint density at radius 1 is 1.21 bits per heavy atom. The summed E-state index contributed by atoms with van der Waals surface area (Å²) in [6.07, 6.45) is 3.17. The first-order valence-electron chi connectivity index (χ1n) is 7.38. The zero-order valence-electron chi connectivity index (χ0n) is 13.6. The third-order valence-electron chi connectivity index (χ3n) is 3.78. The lowest BCUT2D eigenvalue weighted by molar-refractivity contribution is -0.116. The van der Waals surface area contributed by atoms with Crippen LogP contribution in [-0.2, 0) is 11.8 Å². The third-order valence-corrected chi connectivity index (χ3v) is 3.78. The summed E-state index contributed by atoms with van der Waals surface area (Å²) in [5.74, 6) is -0.360. The van der Waals surface area contributed by atoms with Crippen LogP contribution < -0.4 is 10.2 Å². The van der Waals surface area contributed by atoms with Gasteiger partial charge >= 0.3 is 0 Å². The highest BCUT2D eigenvalue weighted by atomic mass is 16.2. The highest BCUT2D eigenvalue weighted by Gasteiger charge is 2.11. The molecule has 1 N–H and O–H groups in total. The van der Waals surface area contributed by atoms with Gasteiger partial charge in [-0.25, -0.2) is 9.97 Å². The van der Waals surface area contributed by atoms with Crippen molar-refractivity contribution >= 4 is 34.4 Å². The maximum absolute atomic E-state index is 12.4. The predicted octanol–water partition coefficient (Wildman–Crippen LogP) is 2.20. The first-order chi connectivity index (χ1) is 11.5. The van der Waals surface area contributed by atoms with Gasteiger partial charge in [0.1, 0.15) is 5.52 Å². The number of aromatic nitrogens is 3. The number of hydrogen-bond acceptors (Lipinski definition) is 4. The molecule has 0 spiro atoms. The molecule has 2 heterocycles. The van der Waals surface area contributed by atoms with E-state index >= 15 is 0 Å². The van der Waals surface area contributed by atoms with Crippen molar-refractivity contribution in [3.63, 3.8) is 0 Å². The summed E-state index contributed by atoms with van der Waals surface area (Å²) in [6, 6.07) is 8.79. The molecule has 0 aliphatic rings. The average Bonchev–Trinajstić information content (AvgIpc) is 2.95. The zero-order valence-corrected chi connectivity index (χ0v) is 13.6. The maximum Gasteiger partial charge on any atom is 0.257 e. The smallest absolute Gasteiger partial charge is 0.257 e. The Labute approximate surface area is 138 Å². The minimum absolute atomic E-state index is 0.0803. The van der Waals surface area contributed by atoms with Crippen LogP contribution in [0.2, 0.25) is 0 Å². The first kappa shape index (κ1) is 15.7. The summed E-state index contributed by atoms with van der Waals surface area (Å²) in [6.45, 7) is 1.49. The molecule has 1 aromatic carbocycles. The van der Waals surface area contributed by atoms with E-state index < -0.39 is 0 Å². The Balaban J connectivity index is 1.83. The average molecular weight is 323 g/mol. The molecule has 0 saturated carbocycles. The van der Waals surface area contributed by atoms with E-state index in [-0.39, 0.29) is 11.8 Å². The zero-order chi connectivity index (χ0) is 17.3. The molecule has 0 atom stereocenters.